The van der Waals surface area contributed by atoms with E-state index in [1.165, 1.54) is 23.4 Å². The van der Waals surface area contributed by atoms with Gasteiger partial charge in [-0.1, -0.05) is 6.07 Å². The van der Waals surface area contributed by atoms with Crippen LogP contribution in [0.25, 0.3) is 10.9 Å². The molecular formula is C27H30FN7O2. The molecular weight excluding hydrogens is 473 g/mol. The molecule has 0 radical (unpaired) electrons. The molecule has 2 aromatic carbocycles. The van der Waals surface area contributed by atoms with E-state index in [-0.39, 0.29) is 11.3 Å². The first-order valence-corrected chi connectivity index (χ1v) is 12.0. The Labute approximate surface area is 214 Å². The Bertz CT molecular complexity index is 1470. The minimum absolute atomic E-state index is 0.199. The number of methoxy groups -OCH3 is 1. The van der Waals surface area contributed by atoms with Crippen molar-refractivity contribution < 1.29 is 13.9 Å². The molecule has 4 aromatic rings. The molecule has 1 amide bonds. The van der Waals surface area contributed by atoms with Gasteiger partial charge in [-0.3, -0.25) is 9.78 Å². The third-order valence-corrected chi connectivity index (χ3v) is 6.55. The van der Waals surface area contributed by atoms with Gasteiger partial charge in [-0.25, -0.2) is 4.39 Å². The van der Waals surface area contributed by atoms with Crippen molar-refractivity contribution in [2.45, 2.75) is 6.42 Å². The number of hydrogen-bond acceptors (Lipinski definition) is 7. The summed E-state index contributed by atoms with van der Waals surface area (Å²) in [6.45, 7) is 2.91. The Hall–Kier alpha value is -4.31. The quantitative estimate of drug-likeness (QED) is 0.271. The van der Waals surface area contributed by atoms with E-state index in [9.17, 15) is 9.18 Å². The maximum absolute atomic E-state index is 14.3. The van der Waals surface area contributed by atoms with Gasteiger partial charge in [0.15, 0.2) is 0 Å². The number of halogens is 1. The van der Waals surface area contributed by atoms with Gasteiger partial charge in [0.05, 0.1) is 47.6 Å². The van der Waals surface area contributed by atoms with E-state index in [1.807, 2.05) is 6.07 Å². The van der Waals surface area contributed by atoms with Gasteiger partial charge in [0.2, 0.25) is 0 Å². The highest BCUT2D eigenvalue weighted by Crippen LogP contribution is 2.39. The van der Waals surface area contributed by atoms with Crippen LogP contribution >= 0.6 is 0 Å². The van der Waals surface area contributed by atoms with Crippen molar-refractivity contribution in [2.75, 3.05) is 56.4 Å². The van der Waals surface area contributed by atoms with Gasteiger partial charge in [0.1, 0.15) is 17.4 Å². The van der Waals surface area contributed by atoms with Crippen LogP contribution in [0.1, 0.15) is 15.9 Å². The lowest BCUT2D eigenvalue weighted by atomic mass is 10.1. The molecule has 1 aliphatic heterocycles. The molecule has 37 heavy (non-hydrogen) atoms. The van der Waals surface area contributed by atoms with Crippen LogP contribution in [0.15, 0.2) is 48.8 Å². The van der Waals surface area contributed by atoms with Crippen molar-refractivity contribution in [1.29, 1.82) is 0 Å². The number of amides is 1. The molecule has 0 saturated carbocycles. The fourth-order valence-electron chi connectivity index (χ4n) is 4.69. The number of aromatic nitrogens is 2. The molecule has 5 rings (SSSR count). The van der Waals surface area contributed by atoms with Crippen molar-refractivity contribution in [3.63, 3.8) is 0 Å². The summed E-state index contributed by atoms with van der Waals surface area (Å²) in [5.41, 5.74) is 10.2. The number of carbonyl (C=O) groups excluding carboxylic acids is 1. The molecule has 0 fully saturated rings. The van der Waals surface area contributed by atoms with Crippen LogP contribution in [-0.4, -0.2) is 61.6 Å². The Morgan fingerprint density at radius 1 is 1.19 bits per heavy atom. The first-order chi connectivity index (χ1) is 17.8. The first-order valence-electron chi connectivity index (χ1n) is 12.0. The topological polar surface area (TPSA) is 112 Å². The lowest BCUT2D eigenvalue weighted by Crippen LogP contribution is -2.30. The third kappa shape index (κ3) is 4.88. The Balaban J connectivity index is 1.46. The van der Waals surface area contributed by atoms with Crippen LogP contribution < -0.4 is 26.0 Å². The zero-order valence-corrected chi connectivity index (χ0v) is 21.1. The number of pyridine rings is 1. The molecule has 0 bridgehead atoms. The van der Waals surface area contributed by atoms with Crippen molar-refractivity contribution in [1.82, 2.24) is 14.9 Å². The number of carbonyl (C=O) groups is 1. The number of fused-ring (bicyclic) bond motifs is 2. The SMILES string of the molecule is COc1cc2c(cc1Nc1cc3c(Nc4cccc(F)c4C(N)=O)cncc3[nH]1)N(CCN(C)C)CC2. The Morgan fingerprint density at radius 2 is 2.03 bits per heavy atom. The molecule has 10 heteroatoms. The number of benzene rings is 2. The van der Waals surface area contributed by atoms with Crippen LogP contribution in [0.3, 0.4) is 0 Å². The van der Waals surface area contributed by atoms with E-state index >= 15 is 0 Å². The number of ether oxygens (including phenoxy) is 1. The molecule has 5 N–H and O–H groups in total. The molecule has 192 valence electrons. The molecule has 0 spiro atoms. The van der Waals surface area contributed by atoms with E-state index in [1.54, 1.807) is 25.6 Å². The van der Waals surface area contributed by atoms with Gasteiger partial charge < -0.3 is 35.9 Å². The predicted molar refractivity (Wildman–Crippen MR) is 145 cm³/mol. The number of primary amides is 1. The van der Waals surface area contributed by atoms with Gasteiger partial charge in [-0.2, -0.15) is 0 Å². The summed E-state index contributed by atoms with van der Waals surface area (Å²) in [6, 6.07) is 10.5. The number of H-pyrrole nitrogens is 1. The number of nitrogens with one attached hydrogen (secondary N) is 3. The van der Waals surface area contributed by atoms with E-state index in [0.717, 1.165) is 54.2 Å². The summed E-state index contributed by atoms with van der Waals surface area (Å²) in [5, 5.41) is 7.37. The Morgan fingerprint density at radius 3 is 2.78 bits per heavy atom. The maximum atomic E-state index is 14.3. The molecule has 0 unspecified atom stereocenters. The van der Waals surface area contributed by atoms with Crippen molar-refractivity contribution in [3.05, 3.63) is 65.7 Å². The van der Waals surface area contributed by atoms with E-state index < -0.39 is 11.7 Å². The molecule has 0 saturated heterocycles. The monoisotopic (exact) mass is 503 g/mol. The van der Waals surface area contributed by atoms with Crippen LogP contribution in [0, 0.1) is 5.82 Å². The zero-order valence-electron chi connectivity index (χ0n) is 21.1. The van der Waals surface area contributed by atoms with E-state index in [0.29, 0.717) is 5.69 Å². The second-order valence-corrected chi connectivity index (χ2v) is 9.33. The number of rotatable bonds is 9. The lowest BCUT2D eigenvalue weighted by Gasteiger charge is -2.23. The van der Waals surface area contributed by atoms with Gasteiger partial charge in [0, 0.05) is 30.7 Å². The fourth-order valence-corrected chi connectivity index (χ4v) is 4.69. The Kier molecular flexibility index (Phi) is 6.58. The summed E-state index contributed by atoms with van der Waals surface area (Å²) in [5.74, 6) is -0.0383. The standard InChI is InChI=1S/C27H30FN7O2/c1-34(2)9-10-35-8-7-16-11-24(37-3)20(13-23(16)35)32-25-12-17-21(14-30-15-22(17)33-25)31-19-6-4-5-18(28)26(19)27(29)36/h4-6,11-15,31-33H,7-10H2,1-3H3,(H2,29,36). The average Bonchev–Trinajstić information content (AvgIpc) is 3.45. The average molecular weight is 504 g/mol. The predicted octanol–water partition coefficient (Wildman–Crippen LogP) is 4.22. The summed E-state index contributed by atoms with van der Waals surface area (Å²) in [6.07, 6.45) is 4.31. The summed E-state index contributed by atoms with van der Waals surface area (Å²) in [7, 11) is 5.82. The number of nitrogens with zero attached hydrogens (tertiary/aromatic N) is 3. The molecule has 3 heterocycles. The van der Waals surface area contributed by atoms with Gasteiger partial charge in [-0.05, 0) is 56.4 Å². The minimum Gasteiger partial charge on any atom is -0.495 e. The van der Waals surface area contributed by atoms with Crippen LogP contribution in [0.2, 0.25) is 0 Å². The first kappa shape index (κ1) is 24.4. The van der Waals surface area contributed by atoms with E-state index in [2.05, 4.69) is 56.6 Å². The largest absolute Gasteiger partial charge is 0.495 e. The molecule has 0 atom stereocenters. The maximum Gasteiger partial charge on any atom is 0.253 e. The number of nitrogens with two attached hydrogens (primary N) is 1. The van der Waals surface area contributed by atoms with Crippen molar-refractivity contribution in [2.24, 2.45) is 5.73 Å². The fraction of sp³-hybridized carbons (Fsp3) is 0.259. The van der Waals surface area contributed by atoms with Crippen molar-refractivity contribution in [3.8, 4) is 5.75 Å². The smallest absolute Gasteiger partial charge is 0.253 e. The second-order valence-electron chi connectivity index (χ2n) is 9.33. The summed E-state index contributed by atoms with van der Waals surface area (Å²) >= 11 is 0. The highest BCUT2D eigenvalue weighted by Gasteiger charge is 2.22. The third-order valence-electron chi connectivity index (χ3n) is 6.55. The summed E-state index contributed by atoms with van der Waals surface area (Å²) < 4.78 is 19.9. The van der Waals surface area contributed by atoms with Gasteiger partial charge in [-0.15, -0.1) is 0 Å². The van der Waals surface area contributed by atoms with Crippen LogP contribution in [-0.2, 0) is 6.42 Å². The molecule has 9 nitrogen and oxygen atoms in total. The lowest BCUT2D eigenvalue weighted by molar-refractivity contribution is 0.0997. The van der Waals surface area contributed by atoms with Crippen molar-refractivity contribution >= 4 is 45.4 Å². The minimum atomic E-state index is -0.847. The molecule has 1 aliphatic rings. The normalized spacial score (nSPS) is 12.7. The number of aromatic amines is 1. The van der Waals surface area contributed by atoms with Gasteiger partial charge in [0.25, 0.3) is 5.91 Å². The summed E-state index contributed by atoms with van der Waals surface area (Å²) in [4.78, 5) is 24.0. The highest BCUT2D eigenvalue weighted by molar-refractivity contribution is 6.02. The number of likely N-dealkylation sites (N-methyl/N-ethyl adjacent to an activating group) is 1. The number of hydrogen-bond donors (Lipinski definition) is 4. The number of anilines is 5. The molecule has 0 aliphatic carbocycles. The van der Waals surface area contributed by atoms with Crippen LogP contribution in [0.5, 0.6) is 5.75 Å². The van der Waals surface area contributed by atoms with Crippen LogP contribution in [0.4, 0.5) is 33.0 Å². The van der Waals surface area contributed by atoms with Gasteiger partial charge >= 0.3 is 0 Å². The van der Waals surface area contributed by atoms with E-state index in [4.69, 9.17) is 10.5 Å². The highest BCUT2D eigenvalue weighted by atomic mass is 19.1. The second kappa shape index (κ2) is 9.98. The zero-order chi connectivity index (χ0) is 26.1. The molecule has 2 aromatic heterocycles.